The smallest absolute Gasteiger partial charge is 0.168 e. The van der Waals surface area contributed by atoms with Gasteiger partial charge in [0.05, 0.1) is 4.90 Å². The zero-order valence-electron chi connectivity index (χ0n) is 10.2. The topological polar surface area (TPSA) is 34.1 Å². The molecule has 1 aromatic carbocycles. The van der Waals surface area contributed by atoms with Crippen molar-refractivity contribution in [2.24, 2.45) is 0 Å². The molecular formula is C13H18O2S. The van der Waals surface area contributed by atoms with E-state index in [2.05, 4.69) is 20.4 Å². The predicted molar refractivity (Wildman–Crippen MR) is 67.6 cm³/mol. The second-order valence-corrected chi connectivity index (χ2v) is 5.69. The Morgan fingerprint density at radius 3 is 2.31 bits per heavy atom. The van der Waals surface area contributed by atoms with E-state index < -0.39 is 10.7 Å². The second kappa shape index (κ2) is 4.42. The summed E-state index contributed by atoms with van der Waals surface area (Å²) in [6.07, 6.45) is 0. The molecule has 0 saturated heterocycles. The van der Waals surface area contributed by atoms with Gasteiger partial charge in [-0.15, -0.1) is 0 Å². The van der Waals surface area contributed by atoms with Gasteiger partial charge >= 0.3 is 0 Å². The summed E-state index contributed by atoms with van der Waals surface area (Å²) in [6.45, 7) is 12.0. The van der Waals surface area contributed by atoms with Gasteiger partial charge in [-0.05, 0) is 37.1 Å². The molecule has 0 N–H and O–H groups in total. The summed E-state index contributed by atoms with van der Waals surface area (Å²) in [5.41, 5.74) is 2.94. The summed E-state index contributed by atoms with van der Waals surface area (Å²) in [4.78, 5) is 0.366. The predicted octanol–water partition coefficient (Wildman–Crippen LogP) is 2.82. The van der Waals surface area contributed by atoms with Crippen LogP contribution in [-0.4, -0.2) is 8.42 Å². The van der Waals surface area contributed by atoms with Crippen molar-refractivity contribution in [1.29, 1.82) is 0 Å². The summed E-state index contributed by atoms with van der Waals surface area (Å²) in [6, 6.07) is 5.23. The number of benzene rings is 1. The largest absolute Gasteiger partial charge is 0.227 e. The lowest BCUT2D eigenvalue weighted by atomic mass is 9.77. The van der Waals surface area contributed by atoms with Crippen LogP contribution in [0, 0.1) is 6.92 Å². The van der Waals surface area contributed by atoms with Crippen LogP contribution in [0.2, 0.25) is 0 Å². The molecule has 88 valence electrons. The van der Waals surface area contributed by atoms with Gasteiger partial charge in [-0.3, -0.25) is 0 Å². The van der Waals surface area contributed by atoms with Gasteiger partial charge in [-0.2, -0.15) is 0 Å². The third-order valence-corrected chi connectivity index (χ3v) is 3.87. The van der Waals surface area contributed by atoms with Crippen molar-refractivity contribution < 1.29 is 8.42 Å². The number of hydrogen-bond donors (Lipinski definition) is 1. The van der Waals surface area contributed by atoms with Gasteiger partial charge in [0.2, 0.25) is 0 Å². The van der Waals surface area contributed by atoms with Crippen molar-refractivity contribution in [3.05, 3.63) is 41.5 Å². The summed E-state index contributed by atoms with van der Waals surface area (Å²) in [5, 5.41) is 0. The van der Waals surface area contributed by atoms with Crippen LogP contribution in [0.15, 0.2) is 35.2 Å². The highest BCUT2D eigenvalue weighted by atomic mass is 32.2. The average Bonchev–Trinajstić information content (AvgIpc) is 2.17. The molecule has 0 radical (unpaired) electrons. The fourth-order valence-electron chi connectivity index (χ4n) is 1.63. The lowest BCUT2D eigenvalue weighted by Crippen LogP contribution is -2.19. The highest BCUT2D eigenvalue weighted by Crippen LogP contribution is 2.33. The van der Waals surface area contributed by atoms with E-state index in [1.807, 2.05) is 19.9 Å². The first kappa shape index (κ1) is 13.0. The van der Waals surface area contributed by atoms with E-state index in [-0.39, 0.29) is 5.41 Å². The van der Waals surface area contributed by atoms with Crippen molar-refractivity contribution >= 4 is 10.7 Å². The quantitative estimate of drug-likeness (QED) is 0.649. The molecule has 0 unspecified atom stereocenters. The van der Waals surface area contributed by atoms with Crippen LogP contribution in [0.3, 0.4) is 0 Å². The van der Waals surface area contributed by atoms with Crippen molar-refractivity contribution in [3.63, 3.8) is 0 Å². The van der Waals surface area contributed by atoms with Gasteiger partial charge in [0, 0.05) is 5.41 Å². The highest BCUT2D eigenvalue weighted by molar-refractivity contribution is 7.72. The van der Waals surface area contributed by atoms with Crippen LogP contribution < -0.4 is 0 Å². The molecular weight excluding hydrogens is 220 g/mol. The molecule has 0 aromatic heterocycles. The minimum absolute atomic E-state index is 0.203. The third kappa shape index (κ3) is 2.35. The number of thiol groups is 1. The number of rotatable bonds is 3. The Morgan fingerprint density at radius 1 is 1.31 bits per heavy atom. The summed E-state index contributed by atoms with van der Waals surface area (Å²) in [5.74, 6) is 0. The van der Waals surface area contributed by atoms with E-state index in [4.69, 9.17) is 0 Å². The van der Waals surface area contributed by atoms with Crippen LogP contribution in [0.25, 0.3) is 0 Å². The fourth-order valence-corrected chi connectivity index (χ4v) is 2.06. The van der Waals surface area contributed by atoms with Crippen molar-refractivity contribution in [3.8, 4) is 0 Å². The number of aryl methyl sites for hydroxylation is 1. The first-order valence-corrected chi connectivity index (χ1v) is 6.36. The minimum atomic E-state index is -2.52. The van der Waals surface area contributed by atoms with E-state index in [1.165, 1.54) is 0 Å². The van der Waals surface area contributed by atoms with Crippen molar-refractivity contribution in [1.82, 2.24) is 0 Å². The molecule has 0 saturated carbocycles. The van der Waals surface area contributed by atoms with Gasteiger partial charge in [0.25, 0.3) is 0 Å². The molecule has 0 aliphatic rings. The van der Waals surface area contributed by atoms with E-state index in [1.54, 1.807) is 12.1 Å². The Bertz CT molecular complexity index is 489. The molecule has 3 heteroatoms. The second-order valence-electron chi connectivity index (χ2n) is 4.66. The van der Waals surface area contributed by atoms with E-state index in [9.17, 15) is 8.42 Å². The molecule has 2 nitrogen and oxygen atoms in total. The third-order valence-electron chi connectivity index (χ3n) is 3.17. The van der Waals surface area contributed by atoms with E-state index in [0.717, 1.165) is 16.7 Å². The Morgan fingerprint density at radius 2 is 1.88 bits per heavy atom. The van der Waals surface area contributed by atoms with E-state index in [0.29, 0.717) is 4.90 Å². The Hall–Kier alpha value is -1.09. The van der Waals surface area contributed by atoms with Crippen molar-refractivity contribution in [2.45, 2.75) is 38.0 Å². The molecule has 0 atom stereocenters. The Labute approximate surface area is 99.0 Å². The van der Waals surface area contributed by atoms with Gasteiger partial charge in [0.1, 0.15) is 0 Å². The first-order valence-electron chi connectivity index (χ1n) is 5.18. The standard InChI is InChI=1S/C13H18O2S/c1-9(2)13(4,5)12-8-11(16(14)15)7-6-10(12)3/h6-8,16H,1H2,2-5H3. The van der Waals surface area contributed by atoms with Crippen LogP contribution >= 0.6 is 0 Å². The molecule has 0 aliphatic carbocycles. The van der Waals surface area contributed by atoms with Gasteiger partial charge < -0.3 is 0 Å². The number of hydrogen-bond acceptors (Lipinski definition) is 2. The monoisotopic (exact) mass is 238 g/mol. The SMILES string of the molecule is C=C(C)C(C)(C)c1cc([SH](=O)=O)ccc1C. The first-order chi connectivity index (χ1) is 7.26. The Balaban J connectivity index is 3.44. The molecule has 1 aromatic rings. The zero-order chi connectivity index (χ0) is 12.5. The molecule has 16 heavy (non-hydrogen) atoms. The lowest BCUT2D eigenvalue weighted by molar-refractivity contribution is 0.608. The molecule has 0 aliphatic heterocycles. The van der Waals surface area contributed by atoms with Crippen LogP contribution in [0.4, 0.5) is 0 Å². The minimum Gasteiger partial charge on any atom is -0.227 e. The van der Waals surface area contributed by atoms with Crippen molar-refractivity contribution in [2.75, 3.05) is 0 Å². The van der Waals surface area contributed by atoms with Gasteiger partial charge in [0.15, 0.2) is 10.7 Å². The molecule has 0 amide bonds. The summed E-state index contributed by atoms with van der Waals surface area (Å²) >= 11 is 0. The number of allylic oxidation sites excluding steroid dienone is 1. The highest BCUT2D eigenvalue weighted by Gasteiger charge is 2.23. The summed E-state index contributed by atoms with van der Waals surface area (Å²) in [7, 11) is -2.52. The zero-order valence-corrected chi connectivity index (χ0v) is 11.1. The molecule has 0 spiro atoms. The summed E-state index contributed by atoms with van der Waals surface area (Å²) < 4.78 is 22.0. The normalized spacial score (nSPS) is 11.8. The van der Waals surface area contributed by atoms with Crippen LogP contribution in [-0.2, 0) is 16.1 Å². The maximum atomic E-state index is 11.0. The maximum absolute atomic E-state index is 11.0. The molecule has 0 heterocycles. The fraction of sp³-hybridized carbons (Fsp3) is 0.385. The van der Waals surface area contributed by atoms with Crippen LogP contribution in [0.5, 0.6) is 0 Å². The van der Waals surface area contributed by atoms with E-state index >= 15 is 0 Å². The average molecular weight is 238 g/mol. The molecule has 0 fully saturated rings. The Kier molecular flexibility index (Phi) is 3.58. The van der Waals surface area contributed by atoms with Crippen LogP contribution in [0.1, 0.15) is 31.9 Å². The molecule has 0 bridgehead atoms. The lowest BCUT2D eigenvalue weighted by Gasteiger charge is -2.28. The van der Waals surface area contributed by atoms with Gasteiger partial charge in [-0.25, -0.2) is 8.42 Å². The maximum Gasteiger partial charge on any atom is 0.168 e. The molecule has 1 rings (SSSR count). The van der Waals surface area contributed by atoms with Gasteiger partial charge in [-0.1, -0.05) is 32.1 Å².